The van der Waals surface area contributed by atoms with Crippen molar-refractivity contribution in [3.05, 3.63) is 97.6 Å². The molecule has 11 heteroatoms. The van der Waals surface area contributed by atoms with E-state index < -0.39 is 0 Å². The van der Waals surface area contributed by atoms with Crippen molar-refractivity contribution in [1.29, 1.82) is 0 Å². The summed E-state index contributed by atoms with van der Waals surface area (Å²) in [5, 5.41) is 16.7. The molecule has 0 aliphatic heterocycles. The van der Waals surface area contributed by atoms with Crippen LogP contribution in [-0.4, -0.2) is 62.8 Å². The van der Waals surface area contributed by atoms with Crippen molar-refractivity contribution in [2.75, 3.05) is 52.9 Å². The van der Waals surface area contributed by atoms with Gasteiger partial charge in [-0.1, -0.05) is 0 Å². The SMILES string of the molecule is c1cc(N=Nc2ccc(OCCOCCOCCOCCOc3ccc(N=Nc4ccncc4)cc3)cc2)ccn1. The quantitative estimate of drug-likeness (QED) is 0.0974. The number of benzene rings is 2. The molecular weight excluding hydrogens is 524 g/mol. The lowest BCUT2D eigenvalue weighted by atomic mass is 10.3. The zero-order valence-electron chi connectivity index (χ0n) is 22.6. The van der Waals surface area contributed by atoms with E-state index in [0.29, 0.717) is 52.9 Å². The highest BCUT2D eigenvalue weighted by Crippen LogP contribution is 2.22. The highest BCUT2D eigenvalue weighted by atomic mass is 16.6. The van der Waals surface area contributed by atoms with Crippen LogP contribution in [0.3, 0.4) is 0 Å². The summed E-state index contributed by atoms with van der Waals surface area (Å²) in [5.74, 6) is 1.49. The van der Waals surface area contributed by atoms with Gasteiger partial charge in [-0.15, -0.1) is 0 Å². The second-order valence-corrected chi connectivity index (χ2v) is 8.33. The molecule has 0 unspecified atom stereocenters. The molecule has 0 N–H and O–H groups in total. The Kier molecular flexibility index (Phi) is 12.8. The summed E-state index contributed by atoms with van der Waals surface area (Å²) < 4.78 is 28.0. The van der Waals surface area contributed by atoms with Crippen LogP contribution in [0.4, 0.5) is 22.7 Å². The fourth-order valence-electron chi connectivity index (χ4n) is 3.25. The Hall–Kier alpha value is -4.58. The second kappa shape index (κ2) is 17.9. The smallest absolute Gasteiger partial charge is 0.119 e. The van der Waals surface area contributed by atoms with Crippen LogP contribution >= 0.6 is 0 Å². The number of aromatic nitrogens is 2. The minimum atomic E-state index is 0.444. The molecule has 2 aromatic heterocycles. The number of hydrogen-bond donors (Lipinski definition) is 0. The van der Waals surface area contributed by atoms with Crippen molar-refractivity contribution >= 4 is 22.7 Å². The minimum absolute atomic E-state index is 0.444. The van der Waals surface area contributed by atoms with Crippen molar-refractivity contribution in [2.45, 2.75) is 0 Å². The standard InChI is InChI=1S/C30H32N6O5/c1-5-29(6-2-25(1)33-35-27-9-13-31-14-10-27)40-23-21-38-19-17-37-18-20-39-22-24-41-30-7-3-26(4-8-30)34-36-28-11-15-32-16-12-28/h1-16H,17-24H2. The van der Waals surface area contributed by atoms with Crippen LogP contribution in [0.25, 0.3) is 0 Å². The molecule has 2 aromatic carbocycles. The Morgan fingerprint density at radius 1 is 0.366 bits per heavy atom. The summed E-state index contributed by atoms with van der Waals surface area (Å²) in [7, 11) is 0. The highest BCUT2D eigenvalue weighted by molar-refractivity contribution is 5.43. The van der Waals surface area contributed by atoms with E-state index in [1.165, 1.54) is 0 Å². The van der Waals surface area contributed by atoms with E-state index in [9.17, 15) is 0 Å². The van der Waals surface area contributed by atoms with Gasteiger partial charge in [0.05, 0.1) is 62.4 Å². The van der Waals surface area contributed by atoms with Gasteiger partial charge in [0.15, 0.2) is 0 Å². The van der Waals surface area contributed by atoms with Crippen LogP contribution in [0.2, 0.25) is 0 Å². The zero-order valence-corrected chi connectivity index (χ0v) is 22.6. The maximum absolute atomic E-state index is 5.68. The highest BCUT2D eigenvalue weighted by Gasteiger charge is 1.98. The molecule has 0 bridgehead atoms. The van der Waals surface area contributed by atoms with Crippen LogP contribution in [0, 0.1) is 0 Å². The van der Waals surface area contributed by atoms with Crippen LogP contribution in [-0.2, 0) is 14.2 Å². The van der Waals surface area contributed by atoms with Crippen molar-refractivity contribution in [1.82, 2.24) is 9.97 Å². The molecule has 212 valence electrons. The summed E-state index contributed by atoms with van der Waals surface area (Å²) >= 11 is 0. The molecule has 0 saturated heterocycles. The maximum atomic E-state index is 5.68. The molecule has 41 heavy (non-hydrogen) atoms. The molecule has 0 radical (unpaired) electrons. The lowest BCUT2D eigenvalue weighted by Crippen LogP contribution is -2.14. The third-order valence-corrected chi connectivity index (χ3v) is 5.30. The van der Waals surface area contributed by atoms with Gasteiger partial charge in [-0.25, -0.2) is 0 Å². The van der Waals surface area contributed by atoms with E-state index in [1.54, 1.807) is 49.1 Å². The van der Waals surface area contributed by atoms with Gasteiger partial charge in [-0.2, -0.15) is 20.5 Å². The Morgan fingerprint density at radius 2 is 0.659 bits per heavy atom. The van der Waals surface area contributed by atoms with Gasteiger partial charge in [-0.05, 0) is 72.8 Å². The molecule has 11 nitrogen and oxygen atoms in total. The lowest BCUT2D eigenvalue weighted by Gasteiger charge is -2.09. The van der Waals surface area contributed by atoms with Gasteiger partial charge in [0.2, 0.25) is 0 Å². The van der Waals surface area contributed by atoms with Crippen molar-refractivity contribution < 1.29 is 23.7 Å². The van der Waals surface area contributed by atoms with Crippen molar-refractivity contribution in [3.8, 4) is 11.5 Å². The molecule has 0 aliphatic carbocycles. The first-order valence-electron chi connectivity index (χ1n) is 13.2. The van der Waals surface area contributed by atoms with E-state index in [0.717, 1.165) is 34.2 Å². The van der Waals surface area contributed by atoms with Crippen LogP contribution in [0.5, 0.6) is 11.5 Å². The largest absolute Gasteiger partial charge is 0.491 e. The van der Waals surface area contributed by atoms with Gasteiger partial charge in [0, 0.05) is 24.8 Å². The lowest BCUT2D eigenvalue weighted by molar-refractivity contribution is 0.00499. The zero-order chi connectivity index (χ0) is 28.2. The van der Waals surface area contributed by atoms with Crippen molar-refractivity contribution in [3.63, 3.8) is 0 Å². The maximum Gasteiger partial charge on any atom is 0.119 e. The van der Waals surface area contributed by atoms with Gasteiger partial charge in [0.1, 0.15) is 24.7 Å². The van der Waals surface area contributed by atoms with Crippen LogP contribution in [0.1, 0.15) is 0 Å². The molecule has 0 atom stereocenters. The summed E-state index contributed by atoms with van der Waals surface area (Å²) in [6, 6.07) is 22.0. The minimum Gasteiger partial charge on any atom is -0.491 e. The Morgan fingerprint density at radius 3 is 1.00 bits per heavy atom. The number of hydrogen-bond acceptors (Lipinski definition) is 11. The Bertz CT molecular complexity index is 1200. The van der Waals surface area contributed by atoms with Crippen molar-refractivity contribution in [2.24, 2.45) is 20.5 Å². The Labute approximate surface area is 238 Å². The number of azo groups is 2. The fourth-order valence-corrected chi connectivity index (χ4v) is 3.25. The van der Waals surface area contributed by atoms with Gasteiger partial charge < -0.3 is 23.7 Å². The average Bonchev–Trinajstić information content (AvgIpc) is 3.03. The van der Waals surface area contributed by atoms with E-state index in [2.05, 4.69) is 30.4 Å². The molecule has 4 rings (SSSR count). The molecule has 0 amide bonds. The molecule has 0 spiro atoms. The predicted octanol–water partition coefficient (Wildman–Crippen LogP) is 6.82. The first-order chi connectivity index (χ1) is 20.3. The molecule has 0 saturated carbocycles. The first kappa shape index (κ1) is 29.4. The summed E-state index contributed by atoms with van der Waals surface area (Å²) in [5.41, 5.74) is 2.98. The predicted molar refractivity (Wildman–Crippen MR) is 153 cm³/mol. The fraction of sp³-hybridized carbons (Fsp3) is 0.267. The van der Waals surface area contributed by atoms with E-state index in [-0.39, 0.29) is 0 Å². The Balaban J connectivity index is 0.945. The molecular formula is C30H32N6O5. The monoisotopic (exact) mass is 556 g/mol. The first-order valence-corrected chi connectivity index (χ1v) is 13.2. The number of nitrogens with zero attached hydrogens (tertiary/aromatic N) is 6. The van der Waals surface area contributed by atoms with E-state index >= 15 is 0 Å². The van der Waals surface area contributed by atoms with Crippen LogP contribution in [0.15, 0.2) is 118 Å². The van der Waals surface area contributed by atoms with Gasteiger partial charge >= 0.3 is 0 Å². The van der Waals surface area contributed by atoms with Gasteiger partial charge in [-0.3, -0.25) is 9.97 Å². The third-order valence-electron chi connectivity index (χ3n) is 5.30. The van der Waals surface area contributed by atoms with E-state index in [4.69, 9.17) is 23.7 Å². The molecule has 0 aliphatic rings. The number of rotatable bonds is 18. The summed E-state index contributed by atoms with van der Waals surface area (Å²) in [4.78, 5) is 7.91. The third kappa shape index (κ3) is 12.0. The van der Waals surface area contributed by atoms with E-state index in [1.807, 2.05) is 48.5 Å². The number of pyridine rings is 2. The summed E-state index contributed by atoms with van der Waals surface area (Å²) in [6.45, 7) is 3.77. The molecule has 4 aromatic rings. The number of ether oxygens (including phenoxy) is 5. The average molecular weight is 557 g/mol. The second-order valence-electron chi connectivity index (χ2n) is 8.33. The van der Waals surface area contributed by atoms with Crippen LogP contribution < -0.4 is 9.47 Å². The normalized spacial score (nSPS) is 11.3. The topological polar surface area (TPSA) is 121 Å². The van der Waals surface area contributed by atoms with Gasteiger partial charge in [0.25, 0.3) is 0 Å². The summed E-state index contributed by atoms with van der Waals surface area (Å²) in [6.07, 6.45) is 6.71. The molecule has 0 fully saturated rings. The molecule has 2 heterocycles.